The SMILES string of the molecule is CC(C)NC(CCn1ccnc1C(C)C)C(N)=O. The number of carbonyl (C=O) groups excluding carboxylic acids is 1. The molecular weight excluding hydrogens is 228 g/mol. The van der Waals surface area contributed by atoms with Crippen LogP contribution in [0.4, 0.5) is 0 Å². The Labute approximate surface area is 109 Å². The molecule has 0 bridgehead atoms. The van der Waals surface area contributed by atoms with E-state index in [1.165, 1.54) is 0 Å². The summed E-state index contributed by atoms with van der Waals surface area (Å²) < 4.78 is 2.09. The van der Waals surface area contributed by atoms with Gasteiger partial charge in [0.15, 0.2) is 0 Å². The van der Waals surface area contributed by atoms with Crippen LogP contribution < -0.4 is 11.1 Å². The minimum absolute atomic E-state index is 0.245. The molecule has 0 spiro atoms. The molecule has 1 unspecified atom stereocenters. The highest BCUT2D eigenvalue weighted by atomic mass is 16.1. The number of nitrogens with two attached hydrogens (primary N) is 1. The summed E-state index contributed by atoms with van der Waals surface area (Å²) in [5.41, 5.74) is 5.40. The number of rotatable bonds is 7. The Bertz CT molecular complexity index is 384. The summed E-state index contributed by atoms with van der Waals surface area (Å²) in [5.74, 6) is 1.13. The van der Waals surface area contributed by atoms with Crippen LogP contribution in [0.5, 0.6) is 0 Å². The Kier molecular flexibility index (Phi) is 5.34. The third kappa shape index (κ3) is 4.14. The van der Waals surface area contributed by atoms with Gasteiger partial charge in [-0.25, -0.2) is 4.98 Å². The maximum absolute atomic E-state index is 11.3. The zero-order valence-electron chi connectivity index (χ0n) is 11.7. The van der Waals surface area contributed by atoms with Gasteiger partial charge in [-0.2, -0.15) is 0 Å². The molecule has 0 aliphatic heterocycles. The van der Waals surface area contributed by atoms with Crippen molar-refractivity contribution in [3.05, 3.63) is 18.2 Å². The number of carbonyl (C=O) groups is 1. The van der Waals surface area contributed by atoms with Crippen molar-refractivity contribution < 1.29 is 4.79 Å². The van der Waals surface area contributed by atoms with E-state index in [4.69, 9.17) is 5.73 Å². The van der Waals surface area contributed by atoms with Crippen molar-refractivity contribution in [2.24, 2.45) is 5.73 Å². The lowest BCUT2D eigenvalue weighted by molar-refractivity contribution is -0.120. The van der Waals surface area contributed by atoms with E-state index in [2.05, 4.69) is 28.7 Å². The summed E-state index contributed by atoms with van der Waals surface area (Å²) in [5, 5.41) is 3.18. The molecule has 1 heterocycles. The predicted octanol–water partition coefficient (Wildman–Crippen LogP) is 1.25. The van der Waals surface area contributed by atoms with Crippen molar-refractivity contribution in [3.63, 3.8) is 0 Å². The predicted molar refractivity (Wildman–Crippen MR) is 72.2 cm³/mol. The molecule has 5 heteroatoms. The zero-order valence-corrected chi connectivity index (χ0v) is 11.7. The number of aryl methyl sites for hydroxylation is 1. The topological polar surface area (TPSA) is 72.9 Å². The van der Waals surface area contributed by atoms with Crippen molar-refractivity contribution in [1.82, 2.24) is 14.9 Å². The fourth-order valence-corrected chi connectivity index (χ4v) is 1.99. The molecule has 0 aromatic carbocycles. The molecule has 0 fully saturated rings. The highest BCUT2D eigenvalue weighted by Gasteiger charge is 2.16. The van der Waals surface area contributed by atoms with E-state index in [9.17, 15) is 4.79 Å². The van der Waals surface area contributed by atoms with Crippen LogP contribution in [0.25, 0.3) is 0 Å². The van der Waals surface area contributed by atoms with Gasteiger partial charge in [0.1, 0.15) is 5.82 Å². The van der Waals surface area contributed by atoms with E-state index in [0.29, 0.717) is 12.3 Å². The fraction of sp³-hybridized carbons (Fsp3) is 0.692. The first-order valence-electron chi connectivity index (χ1n) is 6.48. The Morgan fingerprint density at radius 3 is 2.61 bits per heavy atom. The van der Waals surface area contributed by atoms with Gasteiger partial charge < -0.3 is 15.6 Å². The summed E-state index contributed by atoms with van der Waals surface area (Å²) in [6.07, 6.45) is 4.43. The van der Waals surface area contributed by atoms with Gasteiger partial charge in [-0.05, 0) is 6.42 Å². The number of aromatic nitrogens is 2. The van der Waals surface area contributed by atoms with Gasteiger partial charge in [0, 0.05) is 30.9 Å². The molecule has 1 aromatic heterocycles. The van der Waals surface area contributed by atoms with Crippen molar-refractivity contribution in [3.8, 4) is 0 Å². The summed E-state index contributed by atoms with van der Waals surface area (Å²) in [6.45, 7) is 8.98. The van der Waals surface area contributed by atoms with E-state index in [1.807, 2.05) is 20.0 Å². The van der Waals surface area contributed by atoms with E-state index in [-0.39, 0.29) is 18.0 Å². The standard InChI is InChI=1S/C13H24N4O/c1-9(2)13-15-6-8-17(13)7-5-11(12(14)18)16-10(3)4/h6,8-11,16H,5,7H2,1-4H3,(H2,14,18). The summed E-state index contributed by atoms with van der Waals surface area (Å²) in [4.78, 5) is 15.7. The molecule has 1 rings (SSSR count). The molecule has 102 valence electrons. The number of nitrogens with zero attached hydrogens (tertiary/aromatic N) is 2. The van der Waals surface area contributed by atoms with Gasteiger partial charge in [0.2, 0.25) is 5.91 Å². The number of nitrogens with one attached hydrogen (secondary N) is 1. The normalized spacial score (nSPS) is 13.2. The van der Waals surface area contributed by atoms with Crippen LogP contribution in [0, 0.1) is 0 Å². The van der Waals surface area contributed by atoms with Crippen molar-refractivity contribution in [2.75, 3.05) is 0 Å². The first-order chi connectivity index (χ1) is 8.41. The Balaban J connectivity index is 2.61. The van der Waals surface area contributed by atoms with Crippen LogP contribution in [0.1, 0.15) is 45.9 Å². The van der Waals surface area contributed by atoms with E-state index in [1.54, 1.807) is 6.20 Å². The van der Waals surface area contributed by atoms with Crippen LogP contribution in [0.2, 0.25) is 0 Å². The quantitative estimate of drug-likeness (QED) is 0.767. The van der Waals surface area contributed by atoms with Crippen LogP contribution in [0.3, 0.4) is 0 Å². The van der Waals surface area contributed by atoms with Crippen LogP contribution in [0.15, 0.2) is 12.4 Å². The lowest BCUT2D eigenvalue weighted by Gasteiger charge is -2.19. The van der Waals surface area contributed by atoms with Crippen LogP contribution >= 0.6 is 0 Å². The molecular formula is C13H24N4O. The third-order valence-corrected chi connectivity index (χ3v) is 2.80. The Hall–Kier alpha value is -1.36. The minimum atomic E-state index is -0.296. The summed E-state index contributed by atoms with van der Waals surface area (Å²) in [6, 6.07) is -0.0396. The fourth-order valence-electron chi connectivity index (χ4n) is 1.99. The van der Waals surface area contributed by atoms with E-state index in [0.717, 1.165) is 12.4 Å². The molecule has 0 aliphatic rings. The Morgan fingerprint density at radius 2 is 2.11 bits per heavy atom. The largest absolute Gasteiger partial charge is 0.368 e. The van der Waals surface area contributed by atoms with Gasteiger partial charge in [-0.3, -0.25) is 4.79 Å². The van der Waals surface area contributed by atoms with E-state index < -0.39 is 0 Å². The van der Waals surface area contributed by atoms with Gasteiger partial charge in [-0.15, -0.1) is 0 Å². The molecule has 0 aliphatic carbocycles. The molecule has 18 heavy (non-hydrogen) atoms. The van der Waals surface area contributed by atoms with Crippen LogP contribution in [-0.4, -0.2) is 27.5 Å². The molecule has 0 saturated heterocycles. The zero-order chi connectivity index (χ0) is 13.7. The highest BCUT2D eigenvalue weighted by molar-refractivity contribution is 5.79. The second-order valence-corrected chi connectivity index (χ2v) is 5.20. The van der Waals surface area contributed by atoms with Gasteiger partial charge in [-0.1, -0.05) is 27.7 Å². The number of primary amides is 1. The van der Waals surface area contributed by atoms with Gasteiger partial charge in [0.05, 0.1) is 6.04 Å². The number of imidazole rings is 1. The third-order valence-electron chi connectivity index (χ3n) is 2.80. The lowest BCUT2D eigenvalue weighted by Crippen LogP contribution is -2.45. The first-order valence-corrected chi connectivity index (χ1v) is 6.48. The highest BCUT2D eigenvalue weighted by Crippen LogP contribution is 2.12. The minimum Gasteiger partial charge on any atom is -0.368 e. The first kappa shape index (κ1) is 14.7. The summed E-state index contributed by atoms with van der Waals surface area (Å²) in [7, 11) is 0. The average molecular weight is 252 g/mol. The monoisotopic (exact) mass is 252 g/mol. The van der Waals surface area contributed by atoms with Crippen LogP contribution in [-0.2, 0) is 11.3 Å². The molecule has 3 N–H and O–H groups in total. The average Bonchev–Trinajstić information content (AvgIpc) is 2.71. The van der Waals surface area contributed by atoms with E-state index >= 15 is 0 Å². The smallest absolute Gasteiger partial charge is 0.234 e. The van der Waals surface area contributed by atoms with Crippen molar-refractivity contribution >= 4 is 5.91 Å². The number of hydrogen-bond donors (Lipinski definition) is 2. The molecule has 0 saturated carbocycles. The van der Waals surface area contributed by atoms with Crippen molar-refractivity contribution in [2.45, 2.75) is 58.7 Å². The lowest BCUT2D eigenvalue weighted by atomic mass is 10.1. The molecule has 0 radical (unpaired) electrons. The second kappa shape index (κ2) is 6.54. The number of hydrogen-bond acceptors (Lipinski definition) is 3. The molecule has 1 amide bonds. The molecule has 1 atom stereocenters. The van der Waals surface area contributed by atoms with Crippen molar-refractivity contribution in [1.29, 1.82) is 0 Å². The molecule has 1 aromatic rings. The van der Waals surface area contributed by atoms with Gasteiger partial charge >= 0.3 is 0 Å². The molecule has 5 nitrogen and oxygen atoms in total. The Morgan fingerprint density at radius 1 is 1.44 bits per heavy atom. The maximum atomic E-state index is 11.3. The maximum Gasteiger partial charge on any atom is 0.234 e. The summed E-state index contributed by atoms with van der Waals surface area (Å²) >= 11 is 0. The second-order valence-electron chi connectivity index (χ2n) is 5.20. The van der Waals surface area contributed by atoms with Gasteiger partial charge in [0.25, 0.3) is 0 Å². The number of amides is 1.